The maximum absolute atomic E-state index is 12.6. The topological polar surface area (TPSA) is 55.2 Å². The van der Waals surface area contributed by atoms with Crippen LogP contribution in [0.2, 0.25) is 0 Å². The molecule has 1 amide bonds. The number of fused-ring (bicyclic) bond motifs is 1. The van der Waals surface area contributed by atoms with E-state index in [0.29, 0.717) is 29.1 Å². The lowest BCUT2D eigenvalue weighted by molar-refractivity contribution is -0.127. The van der Waals surface area contributed by atoms with Crippen molar-refractivity contribution in [2.45, 2.75) is 32.1 Å². The molecule has 3 rings (SSSR count). The summed E-state index contributed by atoms with van der Waals surface area (Å²) in [5.41, 5.74) is 1.81. The minimum Gasteiger partial charge on any atom is -0.340 e. The molecule has 7 heteroatoms. The van der Waals surface area contributed by atoms with Crippen molar-refractivity contribution in [1.29, 1.82) is 0 Å². The zero-order valence-electron chi connectivity index (χ0n) is 15.1. The summed E-state index contributed by atoms with van der Waals surface area (Å²) < 4.78 is 1.63. The maximum Gasteiger partial charge on any atom is 0.262 e. The monoisotopic (exact) mass is 387 g/mol. The average molecular weight is 388 g/mol. The second-order valence-corrected chi connectivity index (χ2v) is 7.97. The van der Waals surface area contributed by atoms with Crippen LogP contribution in [0.4, 0.5) is 0 Å². The van der Waals surface area contributed by atoms with Gasteiger partial charge in [0.1, 0.15) is 0 Å². The van der Waals surface area contributed by atoms with Crippen molar-refractivity contribution in [3.8, 4) is 0 Å². The number of rotatable bonds is 6. The number of thioether (sulfide) groups is 1. The minimum absolute atomic E-state index is 0.0212. The van der Waals surface area contributed by atoms with Gasteiger partial charge in [-0.15, -0.1) is 11.3 Å². The van der Waals surface area contributed by atoms with Gasteiger partial charge >= 0.3 is 0 Å². The molecule has 0 spiro atoms. The van der Waals surface area contributed by atoms with Crippen molar-refractivity contribution in [2.24, 2.45) is 0 Å². The summed E-state index contributed by atoms with van der Waals surface area (Å²) in [6.45, 7) is 5.10. The van der Waals surface area contributed by atoms with E-state index in [2.05, 4.69) is 18.0 Å². The third kappa shape index (κ3) is 3.83. The Balaban J connectivity index is 1.75. The molecule has 0 bridgehead atoms. The Bertz CT molecular complexity index is 994. The quantitative estimate of drug-likeness (QED) is 0.480. The van der Waals surface area contributed by atoms with E-state index in [4.69, 9.17) is 0 Å². The summed E-state index contributed by atoms with van der Waals surface area (Å²) >= 11 is 2.98. The Morgan fingerprint density at radius 1 is 1.31 bits per heavy atom. The number of para-hydroxylation sites is 1. The summed E-state index contributed by atoms with van der Waals surface area (Å²) in [4.78, 5) is 32.6. The zero-order valence-corrected chi connectivity index (χ0v) is 16.7. The molecular formula is C19H21N3O2S2. The molecule has 3 aromatic rings. The van der Waals surface area contributed by atoms with Gasteiger partial charge in [0.05, 0.1) is 23.2 Å². The molecule has 0 N–H and O–H groups in total. The number of hydrogen-bond acceptors (Lipinski definition) is 5. The van der Waals surface area contributed by atoms with Gasteiger partial charge in [-0.25, -0.2) is 4.98 Å². The lowest BCUT2D eigenvalue weighted by Gasteiger charge is -2.17. The Morgan fingerprint density at radius 2 is 2.08 bits per heavy atom. The van der Waals surface area contributed by atoms with Crippen LogP contribution in [0.25, 0.3) is 10.9 Å². The van der Waals surface area contributed by atoms with Gasteiger partial charge in [-0.1, -0.05) is 23.9 Å². The summed E-state index contributed by atoms with van der Waals surface area (Å²) in [5, 5.41) is 3.23. The number of hydrogen-bond donors (Lipinski definition) is 0. The average Bonchev–Trinajstić information content (AvgIpc) is 3.04. The first-order chi connectivity index (χ1) is 12.5. The fourth-order valence-corrected chi connectivity index (χ4v) is 4.61. The fraction of sp³-hybridized carbons (Fsp3) is 0.316. The smallest absolute Gasteiger partial charge is 0.262 e. The predicted molar refractivity (Wildman–Crippen MR) is 108 cm³/mol. The number of nitrogens with zero attached hydrogens (tertiary/aromatic N) is 3. The van der Waals surface area contributed by atoms with E-state index in [1.54, 1.807) is 26.9 Å². The Morgan fingerprint density at radius 3 is 2.77 bits per heavy atom. The predicted octanol–water partition coefficient (Wildman–Crippen LogP) is 3.54. The first-order valence-electron chi connectivity index (χ1n) is 8.40. The van der Waals surface area contributed by atoms with Crippen LogP contribution < -0.4 is 5.56 Å². The highest BCUT2D eigenvalue weighted by Crippen LogP contribution is 2.20. The lowest BCUT2D eigenvalue weighted by Crippen LogP contribution is -2.28. The van der Waals surface area contributed by atoms with E-state index < -0.39 is 0 Å². The van der Waals surface area contributed by atoms with Gasteiger partial charge in [-0.2, -0.15) is 0 Å². The van der Waals surface area contributed by atoms with Crippen molar-refractivity contribution >= 4 is 39.9 Å². The first-order valence-corrected chi connectivity index (χ1v) is 10.3. The van der Waals surface area contributed by atoms with Crippen LogP contribution in [0, 0.1) is 6.92 Å². The molecule has 0 unspecified atom stereocenters. The fourth-order valence-electron chi connectivity index (χ4n) is 2.64. The standard InChI is InChI=1S/C19H21N3O2S2/c1-4-22-18(24)14-7-5-6-8-15(14)20-19(22)26-12-17(23)21(3)11-16-13(2)9-10-25-16/h5-10H,4,11-12H2,1-3H3. The molecule has 0 saturated heterocycles. The Hall–Kier alpha value is -2.12. The summed E-state index contributed by atoms with van der Waals surface area (Å²) in [6.07, 6.45) is 0. The highest BCUT2D eigenvalue weighted by Gasteiger charge is 2.15. The van der Waals surface area contributed by atoms with Gasteiger partial charge in [-0.3, -0.25) is 14.2 Å². The number of benzene rings is 1. The molecule has 2 aromatic heterocycles. The van der Waals surface area contributed by atoms with E-state index in [1.807, 2.05) is 37.6 Å². The highest BCUT2D eigenvalue weighted by molar-refractivity contribution is 7.99. The van der Waals surface area contributed by atoms with E-state index in [0.717, 1.165) is 0 Å². The Labute approximate surface area is 160 Å². The summed E-state index contributed by atoms with van der Waals surface area (Å²) in [7, 11) is 1.81. The maximum atomic E-state index is 12.6. The van der Waals surface area contributed by atoms with Crippen LogP contribution in [-0.4, -0.2) is 33.2 Å². The van der Waals surface area contributed by atoms with Crippen molar-refractivity contribution in [2.75, 3.05) is 12.8 Å². The van der Waals surface area contributed by atoms with Crippen molar-refractivity contribution < 1.29 is 4.79 Å². The molecule has 0 radical (unpaired) electrons. The number of aryl methyl sites for hydroxylation is 1. The van der Waals surface area contributed by atoms with Crippen LogP contribution in [0.3, 0.4) is 0 Å². The van der Waals surface area contributed by atoms with Crippen LogP contribution in [0.1, 0.15) is 17.4 Å². The molecule has 5 nitrogen and oxygen atoms in total. The molecule has 2 heterocycles. The molecule has 0 aliphatic heterocycles. The second kappa shape index (κ2) is 8.05. The van der Waals surface area contributed by atoms with Gasteiger partial charge in [0.2, 0.25) is 5.91 Å². The molecule has 1 aromatic carbocycles. The molecule has 26 heavy (non-hydrogen) atoms. The van der Waals surface area contributed by atoms with E-state index in [1.165, 1.54) is 22.2 Å². The van der Waals surface area contributed by atoms with Gasteiger partial charge in [0.15, 0.2) is 5.16 Å². The van der Waals surface area contributed by atoms with Crippen LogP contribution in [0.15, 0.2) is 45.7 Å². The van der Waals surface area contributed by atoms with Gasteiger partial charge < -0.3 is 4.90 Å². The zero-order chi connectivity index (χ0) is 18.7. The van der Waals surface area contributed by atoms with Crippen molar-refractivity contribution in [3.63, 3.8) is 0 Å². The molecule has 0 fully saturated rings. The SMILES string of the molecule is CCn1c(SCC(=O)N(C)Cc2sccc2C)nc2ccccc2c1=O. The highest BCUT2D eigenvalue weighted by atomic mass is 32.2. The molecular weight excluding hydrogens is 366 g/mol. The number of carbonyl (C=O) groups excluding carboxylic acids is 1. The van der Waals surface area contributed by atoms with Crippen molar-refractivity contribution in [1.82, 2.24) is 14.5 Å². The van der Waals surface area contributed by atoms with E-state index in [-0.39, 0.29) is 17.2 Å². The van der Waals surface area contributed by atoms with Gasteiger partial charge in [-0.05, 0) is 43.0 Å². The molecule has 0 saturated carbocycles. The Kier molecular flexibility index (Phi) is 5.78. The molecule has 0 atom stereocenters. The third-order valence-corrected chi connectivity index (χ3v) is 6.21. The molecule has 0 aliphatic carbocycles. The van der Waals surface area contributed by atoms with Gasteiger partial charge in [0, 0.05) is 18.5 Å². The van der Waals surface area contributed by atoms with E-state index in [9.17, 15) is 9.59 Å². The number of amides is 1. The lowest BCUT2D eigenvalue weighted by atomic mass is 10.2. The molecule has 136 valence electrons. The van der Waals surface area contributed by atoms with Crippen LogP contribution in [0.5, 0.6) is 0 Å². The van der Waals surface area contributed by atoms with Crippen molar-refractivity contribution in [3.05, 3.63) is 56.5 Å². The number of aromatic nitrogens is 2. The van der Waals surface area contributed by atoms with Crippen LogP contribution >= 0.6 is 23.1 Å². The molecule has 0 aliphatic rings. The largest absolute Gasteiger partial charge is 0.340 e. The normalized spacial score (nSPS) is 11.0. The second-order valence-electron chi connectivity index (χ2n) is 6.03. The third-order valence-electron chi connectivity index (χ3n) is 4.24. The van der Waals surface area contributed by atoms with Crippen LogP contribution in [-0.2, 0) is 17.9 Å². The number of carbonyl (C=O) groups is 1. The van der Waals surface area contributed by atoms with E-state index >= 15 is 0 Å². The minimum atomic E-state index is -0.0596. The van der Waals surface area contributed by atoms with Gasteiger partial charge in [0.25, 0.3) is 5.56 Å². The number of thiophene rings is 1. The summed E-state index contributed by atoms with van der Waals surface area (Å²) in [6, 6.07) is 9.37. The summed E-state index contributed by atoms with van der Waals surface area (Å²) in [5.74, 6) is 0.277. The first kappa shape index (κ1) is 18.7.